The maximum atomic E-state index is 14.0. The van der Waals surface area contributed by atoms with Gasteiger partial charge in [0.15, 0.2) is 92.7 Å². The summed E-state index contributed by atoms with van der Waals surface area (Å²) >= 11 is 0. The minimum absolute atomic E-state index is 0.504. The summed E-state index contributed by atoms with van der Waals surface area (Å²) in [5.74, 6) is -24.0. The van der Waals surface area contributed by atoms with Gasteiger partial charge in [0.1, 0.15) is 6.10 Å². The summed E-state index contributed by atoms with van der Waals surface area (Å²) in [6, 6.07) is 5.71. The monoisotopic (exact) mass is 940 g/mol. The van der Waals surface area contributed by atoms with Crippen LogP contribution in [0, 0.1) is 0 Å². The third-order valence-electron chi connectivity index (χ3n) is 9.43. The Hall–Kier alpha value is -9.43. The quantitative estimate of drug-likeness (QED) is 0.0384. The van der Waals surface area contributed by atoms with E-state index in [4.69, 9.17) is 28.4 Å². The van der Waals surface area contributed by atoms with Crippen LogP contribution in [-0.4, -0.2) is 144 Å². The average molecular weight is 941 g/mol. The van der Waals surface area contributed by atoms with Gasteiger partial charge in [0.05, 0.1) is 34.4 Å². The number of hydrogen-bond donors (Lipinski definition) is 15. The van der Waals surface area contributed by atoms with Gasteiger partial charge < -0.3 is 105 Å². The highest BCUT2D eigenvalue weighted by atomic mass is 16.7. The molecular weight excluding hydrogens is 908 g/mol. The number of carbonyl (C=O) groups is 5. The molecule has 0 radical (unpaired) electrons. The molecular formula is C41H32O26. The van der Waals surface area contributed by atoms with Gasteiger partial charge in [-0.1, -0.05) is 0 Å². The van der Waals surface area contributed by atoms with Crippen molar-refractivity contribution < 1.29 is 129 Å². The number of benzene rings is 5. The van der Waals surface area contributed by atoms with Gasteiger partial charge in [0.25, 0.3) is 0 Å². The molecule has 5 aromatic carbocycles. The van der Waals surface area contributed by atoms with Gasteiger partial charge in [-0.05, 0) is 60.7 Å². The molecule has 0 aromatic heterocycles. The summed E-state index contributed by atoms with van der Waals surface area (Å²) in [5.41, 5.74) is -3.77. The van der Waals surface area contributed by atoms with Crippen LogP contribution >= 0.6 is 0 Å². The summed E-state index contributed by atoms with van der Waals surface area (Å²) in [6.07, 6.45) is -11.7. The summed E-state index contributed by atoms with van der Waals surface area (Å²) < 4.78 is 32.4. The fourth-order valence-electron chi connectivity index (χ4n) is 6.13. The smallest absolute Gasteiger partial charge is 0.344 e. The lowest BCUT2D eigenvalue weighted by molar-refractivity contribution is -0.283. The number of hydrogen-bond acceptors (Lipinski definition) is 26. The highest BCUT2D eigenvalue weighted by Gasteiger charge is 2.54. The molecule has 26 heteroatoms. The Kier molecular flexibility index (Phi) is 12.9. The van der Waals surface area contributed by atoms with E-state index in [1.807, 2.05) is 0 Å². The molecule has 0 spiro atoms. The van der Waals surface area contributed by atoms with Crippen LogP contribution in [0.2, 0.25) is 0 Å². The maximum absolute atomic E-state index is 14.0. The minimum Gasteiger partial charge on any atom is -0.504 e. The molecule has 352 valence electrons. The maximum Gasteiger partial charge on any atom is 0.344 e. The summed E-state index contributed by atoms with van der Waals surface area (Å²) in [4.78, 5) is 67.5. The molecule has 0 saturated carbocycles. The molecule has 1 aliphatic heterocycles. The lowest BCUT2D eigenvalue weighted by Gasteiger charge is -2.43. The third-order valence-corrected chi connectivity index (χ3v) is 9.43. The second-order valence-corrected chi connectivity index (χ2v) is 13.9. The molecule has 1 fully saturated rings. The molecule has 1 aliphatic rings. The van der Waals surface area contributed by atoms with Crippen molar-refractivity contribution in [3.63, 3.8) is 0 Å². The Morgan fingerprint density at radius 3 is 0.970 bits per heavy atom. The van der Waals surface area contributed by atoms with Gasteiger partial charge in [-0.25, -0.2) is 24.0 Å². The van der Waals surface area contributed by atoms with Crippen LogP contribution in [-0.2, 0) is 23.7 Å². The predicted molar refractivity (Wildman–Crippen MR) is 209 cm³/mol. The van der Waals surface area contributed by atoms with Crippen molar-refractivity contribution in [2.45, 2.75) is 30.7 Å². The summed E-state index contributed by atoms with van der Waals surface area (Å²) in [7, 11) is 0. The molecule has 5 aromatic rings. The molecule has 26 nitrogen and oxygen atoms in total. The Morgan fingerprint density at radius 1 is 0.373 bits per heavy atom. The SMILES string of the molecule is O=C(Oc1c(O)cc(C(=O)O[C@H]2[C@H](OC(=O)c3cc(O)c(O)c(O)c3)O[C@H](CO)[C@@H](OC(=O)c3cc(O)c(O)c(O)c3)[C@@H]2OC(=O)c2cc(O)c(O)c(O)c2)cc1O)c1cc(O)c(O)c(O)c1. The summed E-state index contributed by atoms with van der Waals surface area (Å²) in [6.45, 7) is -1.26. The number of aliphatic hydroxyl groups excluding tert-OH is 1. The van der Waals surface area contributed by atoms with E-state index < -0.39 is 181 Å². The van der Waals surface area contributed by atoms with Crippen molar-refractivity contribution in [3.8, 4) is 86.2 Å². The number of rotatable bonds is 11. The zero-order valence-corrected chi connectivity index (χ0v) is 33.1. The first-order valence-corrected chi connectivity index (χ1v) is 18.4. The van der Waals surface area contributed by atoms with Crippen molar-refractivity contribution >= 4 is 29.8 Å². The van der Waals surface area contributed by atoms with E-state index in [1.54, 1.807) is 0 Å². The van der Waals surface area contributed by atoms with Crippen LogP contribution in [0.15, 0.2) is 60.7 Å². The topological polar surface area (TPSA) is 444 Å². The number of aromatic hydroxyl groups is 14. The highest BCUT2D eigenvalue weighted by Crippen LogP contribution is 2.42. The second-order valence-electron chi connectivity index (χ2n) is 13.9. The van der Waals surface area contributed by atoms with E-state index in [0.29, 0.717) is 60.7 Å². The first-order chi connectivity index (χ1) is 31.5. The number of aliphatic hydroxyl groups is 1. The highest BCUT2D eigenvalue weighted by molar-refractivity contribution is 5.96. The van der Waals surface area contributed by atoms with E-state index in [0.717, 1.165) is 0 Å². The number of ether oxygens (including phenoxy) is 6. The molecule has 0 aliphatic carbocycles. The Labute approximate surface area is 370 Å². The standard InChI is InChI=1S/C41H32O26/c42-11-27-33(64-37(58)13-3-19(45)29(54)20(46)4-13)34(65-38(59)14-5-21(47)30(55)22(48)6-14)35(41(62-27)67-40(61)15-7-23(49)31(56)24(50)8-15)66-39(60)16-9-25(51)32(26(52)10-16)63-36(57)12-1-17(43)28(53)18(44)2-12/h1-10,27,33-35,41-56H,11H2/t27-,33-,34+,35-,41+/m1/s1. The van der Waals surface area contributed by atoms with Crippen molar-refractivity contribution in [2.24, 2.45) is 0 Å². The minimum atomic E-state index is -2.50. The zero-order valence-electron chi connectivity index (χ0n) is 33.1. The van der Waals surface area contributed by atoms with E-state index in [2.05, 4.69) is 0 Å². The molecule has 0 bridgehead atoms. The predicted octanol–water partition coefficient (Wildman–Crippen LogP) is 1.34. The average Bonchev–Trinajstić information content (AvgIpc) is 3.27. The van der Waals surface area contributed by atoms with Crippen molar-refractivity contribution in [2.75, 3.05) is 6.61 Å². The van der Waals surface area contributed by atoms with Crippen LogP contribution in [0.25, 0.3) is 0 Å². The van der Waals surface area contributed by atoms with Crippen LogP contribution < -0.4 is 4.74 Å². The van der Waals surface area contributed by atoms with Gasteiger partial charge in [0.2, 0.25) is 18.1 Å². The summed E-state index contributed by atoms with van der Waals surface area (Å²) in [5, 5.41) is 151. The van der Waals surface area contributed by atoms with Crippen molar-refractivity contribution in [1.29, 1.82) is 0 Å². The van der Waals surface area contributed by atoms with Gasteiger partial charge >= 0.3 is 29.8 Å². The lowest BCUT2D eigenvalue weighted by Crippen LogP contribution is -2.63. The number of phenols is 14. The molecule has 1 saturated heterocycles. The van der Waals surface area contributed by atoms with Crippen LogP contribution in [0.5, 0.6) is 86.2 Å². The van der Waals surface area contributed by atoms with E-state index in [9.17, 15) is 101 Å². The van der Waals surface area contributed by atoms with Crippen LogP contribution in [0.1, 0.15) is 51.8 Å². The molecule has 0 amide bonds. The molecule has 1 heterocycles. The number of esters is 5. The Balaban J connectivity index is 1.43. The molecule has 5 atom stereocenters. The first kappa shape index (κ1) is 47.1. The molecule has 0 unspecified atom stereocenters. The Bertz CT molecular complexity index is 2720. The van der Waals surface area contributed by atoms with Gasteiger partial charge in [0, 0.05) is 0 Å². The van der Waals surface area contributed by atoms with Gasteiger partial charge in [-0.15, -0.1) is 0 Å². The first-order valence-electron chi connectivity index (χ1n) is 18.4. The third kappa shape index (κ3) is 9.59. The van der Waals surface area contributed by atoms with Crippen LogP contribution in [0.4, 0.5) is 0 Å². The van der Waals surface area contributed by atoms with E-state index in [1.165, 1.54) is 0 Å². The van der Waals surface area contributed by atoms with Crippen molar-refractivity contribution in [1.82, 2.24) is 0 Å². The fourth-order valence-corrected chi connectivity index (χ4v) is 6.13. The largest absolute Gasteiger partial charge is 0.504 e. The van der Waals surface area contributed by atoms with Gasteiger partial charge in [-0.2, -0.15) is 0 Å². The normalized spacial score (nSPS) is 17.7. The fraction of sp³-hybridized carbons (Fsp3) is 0.146. The Morgan fingerprint density at radius 2 is 0.642 bits per heavy atom. The number of phenolic OH excluding ortho intramolecular Hbond substituents is 14. The molecule has 6 rings (SSSR count). The molecule has 67 heavy (non-hydrogen) atoms. The van der Waals surface area contributed by atoms with Crippen molar-refractivity contribution in [3.05, 3.63) is 88.5 Å². The van der Waals surface area contributed by atoms with Crippen LogP contribution in [0.3, 0.4) is 0 Å². The number of carbonyl (C=O) groups excluding carboxylic acids is 5. The van der Waals surface area contributed by atoms with Gasteiger partial charge in [-0.3, -0.25) is 0 Å². The second kappa shape index (κ2) is 18.3. The molecule has 15 N–H and O–H groups in total. The lowest BCUT2D eigenvalue weighted by atomic mass is 9.97. The van der Waals surface area contributed by atoms with E-state index in [-0.39, 0.29) is 0 Å². The van der Waals surface area contributed by atoms with E-state index >= 15 is 0 Å². The zero-order chi connectivity index (χ0) is 49.3.